The molecule has 2 aliphatic heterocycles. The molecule has 8 heterocycles. The summed E-state index contributed by atoms with van der Waals surface area (Å²) < 4.78 is 85.6. The van der Waals surface area contributed by atoms with E-state index >= 15 is 0 Å². The number of hydrogen-bond donors (Lipinski definition) is 1. The third-order valence-corrected chi connectivity index (χ3v) is 13.7. The first-order chi connectivity index (χ1) is 38.1. The highest BCUT2D eigenvalue weighted by Crippen LogP contribution is 2.29. The third kappa shape index (κ3) is 14.1. The van der Waals surface area contributed by atoms with Gasteiger partial charge in [-0.2, -0.15) is 27.5 Å². The fourth-order valence-electron chi connectivity index (χ4n) is 9.34. The Balaban J connectivity index is 0.000000179. The van der Waals surface area contributed by atoms with Gasteiger partial charge in [0.2, 0.25) is 23.8 Å². The summed E-state index contributed by atoms with van der Waals surface area (Å²) >= 11 is 3.35. The minimum atomic E-state index is -1.06. The molecule has 2 aliphatic rings. The molecule has 23 heteroatoms. The number of pyridine rings is 2. The Labute approximate surface area is 460 Å². The standard InChI is InChI=1S/C28H31F2N5O4.C20H17F2N5O2.C8H15BrO2/c1-18(2)35-26-23(27(36)33(28(35)37)14-8-16-39-22-11-6-7-15-38-22)34(17-19-9-4-3-5-10-19)25(32-26)20-12-13-21(29)31-24(20)30;1-11(2)27-18-15(19(28)25-20(27)29)26(10-12-6-4-3-5-7-12)17(24-18)13-8-9-14(21)23-16(13)22;9-5-3-7-11-8-4-1-2-6-10-8/h3-5,9-10,12-13,18,22H,6-8,11,14-17H2,1-2H3;3-9,11H,10H2,1-2H3,(H,25,28,29);8H,1-7H2. The number of halogens is 5. The summed E-state index contributed by atoms with van der Waals surface area (Å²) in [5.41, 5.74) is -0.203. The normalized spacial score (nSPS) is 15.6. The molecule has 1 N–H and O–H groups in total. The van der Waals surface area contributed by atoms with E-state index < -0.39 is 46.3 Å². The van der Waals surface area contributed by atoms with Crippen LogP contribution in [0, 0.1) is 23.8 Å². The van der Waals surface area contributed by atoms with Gasteiger partial charge < -0.3 is 28.1 Å². The molecule has 2 saturated heterocycles. The molecule has 0 aliphatic carbocycles. The van der Waals surface area contributed by atoms with E-state index in [1.54, 1.807) is 18.4 Å². The van der Waals surface area contributed by atoms with Gasteiger partial charge in [-0.3, -0.25) is 28.3 Å². The number of benzene rings is 2. The highest BCUT2D eigenvalue weighted by Gasteiger charge is 2.27. The molecule has 18 nitrogen and oxygen atoms in total. The number of ether oxygens (including phenoxy) is 4. The van der Waals surface area contributed by atoms with Crippen molar-refractivity contribution in [2.75, 3.05) is 31.8 Å². The minimum Gasteiger partial charge on any atom is -0.353 e. The smallest absolute Gasteiger partial charge is 0.332 e. The summed E-state index contributed by atoms with van der Waals surface area (Å²) in [7, 11) is 0. The number of imidazole rings is 2. The second kappa shape index (κ2) is 27.3. The van der Waals surface area contributed by atoms with E-state index in [9.17, 15) is 36.7 Å². The van der Waals surface area contributed by atoms with Crippen molar-refractivity contribution in [3.05, 3.63) is 162 Å². The van der Waals surface area contributed by atoms with Crippen molar-refractivity contribution in [1.82, 2.24) is 47.8 Å². The van der Waals surface area contributed by atoms with Crippen LogP contribution >= 0.6 is 15.9 Å². The fraction of sp³-hybridized carbons (Fsp3) is 0.429. The maximum atomic E-state index is 14.9. The van der Waals surface area contributed by atoms with Crippen molar-refractivity contribution in [2.24, 2.45) is 0 Å². The lowest BCUT2D eigenvalue weighted by atomic mass is 10.2. The Hall–Kier alpha value is -6.92. The van der Waals surface area contributed by atoms with Crippen LogP contribution in [0.2, 0.25) is 0 Å². The van der Waals surface area contributed by atoms with E-state index in [0.717, 1.165) is 73.9 Å². The second-order valence-electron chi connectivity index (χ2n) is 19.5. The molecule has 2 aromatic carbocycles. The van der Waals surface area contributed by atoms with Crippen LogP contribution in [0.5, 0.6) is 0 Å². The Kier molecular flexibility index (Phi) is 20.1. The number of alkyl halides is 1. The van der Waals surface area contributed by atoms with Crippen LogP contribution in [0.15, 0.2) is 104 Å². The largest absolute Gasteiger partial charge is 0.353 e. The maximum Gasteiger partial charge on any atom is 0.332 e. The Bertz CT molecular complexity index is 3570. The van der Waals surface area contributed by atoms with Gasteiger partial charge in [-0.25, -0.2) is 19.6 Å². The summed E-state index contributed by atoms with van der Waals surface area (Å²) in [6, 6.07) is 22.4. The van der Waals surface area contributed by atoms with Gasteiger partial charge in [-0.1, -0.05) is 76.6 Å². The van der Waals surface area contributed by atoms with Crippen molar-refractivity contribution in [1.29, 1.82) is 0 Å². The van der Waals surface area contributed by atoms with Gasteiger partial charge in [0.05, 0.1) is 24.3 Å². The predicted molar refractivity (Wildman–Crippen MR) is 293 cm³/mol. The van der Waals surface area contributed by atoms with E-state index in [4.69, 9.17) is 18.9 Å². The monoisotopic (exact) mass is 1160 g/mol. The molecule has 0 amide bonds. The SMILES string of the molecule is BrCCCOC1CCCCO1.CC(C)n1c(=O)[nH]c(=O)c2c1nc(-c1ccc(F)nc1F)n2Cc1ccccc1.CC(C)n1c(=O)n(CCCOC2CCCCO2)c(=O)c2c1nc(-c1ccc(F)nc1F)n2Cc1ccccc1. The first-order valence-electron chi connectivity index (χ1n) is 26.4. The van der Waals surface area contributed by atoms with Crippen molar-refractivity contribution in [3.63, 3.8) is 0 Å². The van der Waals surface area contributed by atoms with Crippen molar-refractivity contribution < 1.29 is 36.5 Å². The number of aromatic nitrogens is 10. The number of nitrogens with zero attached hydrogens (tertiary/aromatic N) is 9. The minimum absolute atomic E-state index is 0.0688. The number of H-pyrrole nitrogens is 1. The third-order valence-electron chi connectivity index (χ3n) is 13.1. The summed E-state index contributed by atoms with van der Waals surface area (Å²) in [6.45, 7) is 10.4. The van der Waals surface area contributed by atoms with Gasteiger partial charge >= 0.3 is 11.4 Å². The zero-order valence-corrected chi connectivity index (χ0v) is 46.0. The first kappa shape index (κ1) is 58.2. The predicted octanol–water partition coefficient (Wildman–Crippen LogP) is 9.43. The molecule has 2 atom stereocenters. The molecule has 8 aromatic rings. The lowest BCUT2D eigenvalue weighted by molar-refractivity contribution is -0.163. The molecular formula is C56H63BrF4N10O8. The number of hydrogen-bond acceptors (Lipinski definition) is 12. The molecule has 6 aromatic heterocycles. The van der Waals surface area contributed by atoms with Crippen LogP contribution in [0.4, 0.5) is 17.6 Å². The highest BCUT2D eigenvalue weighted by atomic mass is 79.9. The topological polar surface area (TPSA) is 197 Å². The average Bonchev–Trinajstić information content (AvgIpc) is 4.23. The molecule has 420 valence electrons. The van der Waals surface area contributed by atoms with E-state index in [0.29, 0.717) is 19.6 Å². The van der Waals surface area contributed by atoms with Gasteiger partial charge in [-0.15, -0.1) is 0 Å². The molecule has 0 saturated carbocycles. The Morgan fingerprint density at radius 2 is 1.09 bits per heavy atom. The van der Waals surface area contributed by atoms with Gasteiger partial charge in [0.1, 0.15) is 11.6 Å². The Morgan fingerprint density at radius 1 is 0.608 bits per heavy atom. The number of aromatic amines is 1. The Morgan fingerprint density at radius 3 is 1.54 bits per heavy atom. The lowest BCUT2D eigenvalue weighted by Gasteiger charge is -2.22. The summed E-state index contributed by atoms with van der Waals surface area (Å²) in [6.07, 6.45) is 7.71. The van der Waals surface area contributed by atoms with Gasteiger partial charge in [-0.05, 0) is 114 Å². The average molecular weight is 1160 g/mol. The van der Waals surface area contributed by atoms with Crippen molar-refractivity contribution >= 4 is 38.3 Å². The number of fused-ring (bicyclic) bond motifs is 2. The zero-order valence-electron chi connectivity index (χ0n) is 44.4. The second-order valence-corrected chi connectivity index (χ2v) is 20.3. The quantitative estimate of drug-likeness (QED) is 0.0393. The van der Waals surface area contributed by atoms with Crippen LogP contribution in [0.1, 0.15) is 102 Å². The van der Waals surface area contributed by atoms with E-state index in [-0.39, 0.29) is 89.4 Å². The number of rotatable bonds is 17. The molecule has 0 spiro atoms. The maximum absolute atomic E-state index is 14.9. The molecule has 79 heavy (non-hydrogen) atoms. The van der Waals surface area contributed by atoms with Crippen LogP contribution in [-0.2, 0) is 38.6 Å². The van der Waals surface area contributed by atoms with Crippen LogP contribution in [0.3, 0.4) is 0 Å². The summed E-state index contributed by atoms with van der Waals surface area (Å²) in [5.74, 6) is -3.87. The molecule has 2 unspecified atom stereocenters. The zero-order chi connectivity index (χ0) is 56.2. The van der Waals surface area contributed by atoms with Crippen LogP contribution in [-0.4, -0.2) is 92.1 Å². The molecular weight excluding hydrogens is 1100 g/mol. The number of nitrogens with one attached hydrogen (secondary N) is 1. The first-order valence-corrected chi connectivity index (χ1v) is 27.5. The summed E-state index contributed by atoms with van der Waals surface area (Å²) in [5, 5.41) is 1.01. The van der Waals surface area contributed by atoms with Gasteiger partial charge in [0.15, 0.2) is 34.9 Å². The van der Waals surface area contributed by atoms with Gasteiger partial charge in [0, 0.05) is 50.3 Å². The van der Waals surface area contributed by atoms with Gasteiger partial charge in [0.25, 0.3) is 11.1 Å². The van der Waals surface area contributed by atoms with E-state index in [2.05, 4.69) is 40.8 Å². The van der Waals surface area contributed by atoms with Crippen molar-refractivity contribution in [3.8, 4) is 22.8 Å². The van der Waals surface area contributed by atoms with Crippen LogP contribution < -0.4 is 22.5 Å². The highest BCUT2D eigenvalue weighted by molar-refractivity contribution is 9.09. The van der Waals surface area contributed by atoms with E-state index in [1.165, 1.54) is 43.2 Å². The fourth-order valence-corrected chi connectivity index (χ4v) is 9.57. The van der Waals surface area contributed by atoms with Crippen molar-refractivity contribution in [2.45, 2.75) is 123 Å². The molecule has 0 radical (unpaired) electrons. The molecule has 10 rings (SSSR count). The molecule has 0 bridgehead atoms. The molecule has 2 fully saturated rings. The summed E-state index contributed by atoms with van der Waals surface area (Å²) in [4.78, 5) is 70.3. The lowest BCUT2D eigenvalue weighted by Crippen LogP contribution is -2.41. The van der Waals surface area contributed by atoms with Crippen LogP contribution in [0.25, 0.3) is 45.1 Å². The van der Waals surface area contributed by atoms with E-state index in [1.807, 2.05) is 74.5 Å².